The van der Waals surface area contributed by atoms with E-state index in [1.807, 2.05) is 37.8 Å². The van der Waals surface area contributed by atoms with Crippen LogP contribution in [0, 0.1) is 12.8 Å². The minimum Gasteiger partial charge on any atom is -0.491 e. The number of imidazole rings is 1. The summed E-state index contributed by atoms with van der Waals surface area (Å²) < 4.78 is 8.28. The van der Waals surface area contributed by atoms with Gasteiger partial charge in [0.15, 0.2) is 0 Å². The lowest BCUT2D eigenvalue weighted by atomic mass is 9.96. The fraction of sp³-hybridized carbons (Fsp3) is 0.429. The van der Waals surface area contributed by atoms with Gasteiger partial charge in [0, 0.05) is 43.3 Å². The van der Waals surface area contributed by atoms with Crippen molar-refractivity contribution in [3.8, 4) is 5.75 Å². The van der Waals surface area contributed by atoms with E-state index >= 15 is 0 Å². The molecule has 188 valence electrons. The highest BCUT2D eigenvalue weighted by Crippen LogP contribution is 2.34. The largest absolute Gasteiger partial charge is 0.491 e. The number of aryl methyl sites for hydroxylation is 1. The van der Waals surface area contributed by atoms with Crippen LogP contribution in [0.4, 0.5) is 17.6 Å². The summed E-state index contributed by atoms with van der Waals surface area (Å²) in [5.41, 5.74) is 1.26. The Morgan fingerprint density at radius 3 is 2.61 bits per heavy atom. The van der Waals surface area contributed by atoms with Crippen molar-refractivity contribution in [3.05, 3.63) is 60.4 Å². The third-order valence-corrected chi connectivity index (χ3v) is 7.00. The van der Waals surface area contributed by atoms with Crippen LogP contribution in [-0.2, 0) is 6.54 Å². The van der Waals surface area contributed by atoms with Gasteiger partial charge in [-0.15, -0.1) is 0 Å². The molecular weight excluding hydrogens is 450 g/mol. The van der Waals surface area contributed by atoms with Gasteiger partial charge < -0.3 is 19.5 Å². The predicted molar refractivity (Wildman–Crippen MR) is 144 cm³/mol. The molecule has 1 N–H and O–H groups in total. The fourth-order valence-corrected chi connectivity index (χ4v) is 4.74. The number of rotatable bonds is 8. The lowest BCUT2D eigenvalue weighted by molar-refractivity contribution is 0.300. The second-order valence-corrected chi connectivity index (χ2v) is 9.98. The van der Waals surface area contributed by atoms with Crippen LogP contribution >= 0.6 is 0 Å². The maximum atomic E-state index is 6.20. The van der Waals surface area contributed by atoms with Crippen molar-refractivity contribution in [1.29, 1.82) is 0 Å². The van der Waals surface area contributed by atoms with Gasteiger partial charge in [0.2, 0.25) is 5.95 Å². The zero-order chi connectivity index (χ0) is 25.1. The summed E-state index contributed by atoms with van der Waals surface area (Å²) in [6.07, 6.45) is 9.86. The highest BCUT2D eigenvalue weighted by atomic mass is 16.5. The molecule has 0 radical (unpaired) electrons. The summed E-state index contributed by atoms with van der Waals surface area (Å²) in [6, 6.07) is 8.21. The van der Waals surface area contributed by atoms with E-state index in [1.165, 1.54) is 18.4 Å². The first-order valence-electron chi connectivity index (χ1n) is 12.9. The molecule has 0 unspecified atom stereocenters. The first kappa shape index (κ1) is 24.0. The van der Waals surface area contributed by atoms with Gasteiger partial charge in [0.05, 0.1) is 6.54 Å². The smallest absolute Gasteiger partial charge is 0.227 e. The highest BCUT2D eigenvalue weighted by molar-refractivity contribution is 5.92. The monoisotopic (exact) mass is 485 g/mol. The normalized spacial score (nSPS) is 14.5. The Labute approximate surface area is 212 Å². The zero-order valence-corrected chi connectivity index (χ0v) is 21.6. The van der Waals surface area contributed by atoms with Gasteiger partial charge in [0.25, 0.3) is 0 Å². The van der Waals surface area contributed by atoms with E-state index in [9.17, 15) is 0 Å². The minimum absolute atomic E-state index is 0.373. The quantitative estimate of drug-likeness (QED) is 0.342. The lowest BCUT2D eigenvalue weighted by Gasteiger charge is -2.30. The number of fused-ring (bicyclic) bond motifs is 1. The average molecular weight is 486 g/mol. The van der Waals surface area contributed by atoms with E-state index in [0.717, 1.165) is 65.5 Å². The van der Waals surface area contributed by atoms with E-state index < -0.39 is 0 Å². The van der Waals surface area contributed by atoms with E-state index in [1.54, 1.807) is 0 Å². The van der Waals surface area contributed by atoms with E-state index in [-0.39, 0.29) is 0 Å². The van der Waals surface area contributed by atoms with Crippen LogP contribution in [0.2, 0.25) is 0 Å². The number of hydrogen-bond donors (Lipinski definition) is 1. The van der Waals surface area contributed by atoms with E-state index in [4.69, 9.17) is 14.7 Å². The van der Waals surface area contributed by atoms with Gasteiger partial charge in [-0.05, 0) is 60.7 Å². The summed E-state index contributed by atoms with van der Waals surface area (Å²) in [4.78, 5) is 20.5. The Balaban J connectivity index is 1.37. The molecule has 0 atom stereocenters. The third-order valence-electron chi connectivity index (χ3n) is 7.00. The van der Waals surface area contributed by atoms with E-state index in [2.05, 4.69) is 63.7 Å². The van der Waals surface area contributed by atoms with Crippen LogP contribution in [-0.4, -0.2) is 44.2 Å². The standard InChI is InChI=1S/C28H35N7O/c1-19(2)22-5-6-25(36-16-15-34-14-11-29-21(34)4)24-18-31-27(17-23(22)24)32-26-7-10-30-28(33-26)35-12-8-20(3)9-13-35/h5-7,10-11,14,17-20H,8-9,12-13,15-16H2,1-4H3,(H,30,31,32,33). The Morgan fingerprint density at radius 1 is 1.03 bits per heavy atom. The van der Waals surface area contributed by atoms with Gasteiger partial charge >= 0.3 is 0 Å². The molecule has 8 nitrogen and oxygen atoms in total. The number of nitrogens with zero attached hydrogens (tertiary/aromatic N) is 6. The molecule has 1 fully saturated rings. The second-order valence-electron chi connectivity index (χ2n) is 9.98. The van der Waals surface area contributed by atoms with E-state index in [0.29, 0.717) is 12.5 Å². The van der Waals surface area contributed by atoms with Gasteiger partial charge in [-0.1, -0.05) is 26.8 Å². The topological polar surface area (TPSA) is 81.0 Å². The third kappa shape index (κ3) is 5.27. The zero-order valence-electron chi connectivity index (χ0n) is 21.6. The molecule has 0 saturated carbocycles. The number of benzene rings is 1. The number of piperidine rings is 1. The molecule has 0 amide bonds. The molecule has 4 aromatic rings. The van der Waals surface area contributed by atoms with Crippen molar-refractivity contribution in [2.45, 2.75) is 53.0 Å². The maximum Gasteiger partial charge on any atom is 0.227 e. The van der Waals surface area contributed by atoms with Crippen LogP contribution in [0.5, 0.6) is 5.75 Å². The molecule has 4 heterocycles. The maximum absolute atomic E-state index is 6.20. The van der Waals surface area contributed by atoms with Crippen molar-refractivity contribution in [3.63, 3.8) is 0 Å². The van der Waals surface area contributed by atoms with Crippen LogP contribution < -0.4 is 15.0 Å². The number of anilines is 3. The summed E-state index contributed by atoms with van der Waals surface area (Å²) in [6.45, 7) is 12.0. The van der Waals surface area contributed by atoms with Gasteiger partial charge in [-0.25, -0.2) is 15.0 Å². The van der Waals surface area contributed by atoms with Crippen molar-refractivity contribution >= 4 is 28.4 Å². The predicted octanol–water partition coefficient (Wildman–Crippen LogP) is 5.71. The van der Waals surface area contributed by atoms with Gasteiger partial charge in [0.1, 0.15) is 29.8 Å². The molecular formula is C28H35N7O. The van der Waals surface area contributed by atoms with Crippen LogP contribution in [0.25, 0.3) is 10.8 Å². The van der Waals surface area contributed by atoms with Crippen LogP contribution in [0.15, 0.2) is 49.1 Å². The highest BCUT2D eigenvalue weighted by Gasteiger charge is 2.18. The molecule has 0 bridgehead atoms. The minimum atomic E-state index is 0.373. The summed E-state index contributed by atoms with van der Waals surface area (Å²) >= 11 is 0. The molecule has 5 rings (SSSR count). The molecule has 1 aliphatic rings. The van der Waals surface area contributed by atoms with Crippen LogP contribution in [0.1, 0.15) is 50.9 Å². The summed E-state index contributed by atoms with van der Waals surface area (Å²) in [7, 11) is 0. The number of hydrogen-bond acceptors (Lipinski definition) is 7. The first-order valence-corrected chi connectivity index (χ1v) is 12.9. The molecule has 1 saturated heterocycles. The fourth-order valence-electron chi connectivity index (χ4n) is 4.74. The van der Waals surface area contributed by atoms with Crippen LogP contribution in [0.3, 0.4) is 0 Å². The summed E-state index contributed by atoms with van der Waals surface area (Å²) in [5, 5.41) is 5.55. The van der Waals surface area contributed by atoms with Crippen molar-refractivity contribution in [2.24, 2.45) is 5.92 Å². The number of nitrogens with one attached hydrogen (secondary N) is 1. The molecule has 1 aromatic carbocycles. The number of pyridine rings is 1. The Bertz CT molecular complexity index is 1320. The van der Waals surface area contributed by atoms with Crippen molar-refractivity contribution in [2.75, 3.05) is 29.9 Å². The van der Waals surface area contributed by atoms with Gasteiger partial charge in [-0.2, -0.15) is 4.98 Å². The molecule has 0 spiro atoms. The summed E-state index contributed by atoms with van der Waals surface area (Å²) in [5.74, 6) is 5.25. The molecule has 8 heteroatoms. The molecule has 36 heavy (non-hydrogen) atoms. The van der Waals surface area contributed by atoms with Crippen molar-refractivity contribution < 1.29 is 4.74 Å². The second kappa shape index (κ2) is 10.5. The lowest BCUT2D eigenvalue weighted by Crippen LogP contribution is -2.34. The van der Waals surface area contributed by atoms with Gasteiger partial charge in [-0.3, -0.25) is 0 Å². The Hall–Kier alpha value is -3.68. The molecule has 1 aliphatic heterocycles. The Kier molecular flexibility index (Phi) is 7.02. The number of ether oxygens (including phenoxy) is 1. The number of aromatic nitrogens is 5. The molecule has 3 aromatic heterocycles. The average Bonchev–Trinajstić information content (AvgIpc) is 3.29. The van der Waals surface area contributed by atoms with Crippen molar-refractivity contribution in [1.82, 2.24) is 24.5 Å². The Morgan fingerprint density at radius 2 is 1.86 bits per heavy atom. The first-order chi connectivity index (χ1) is 17.5. The molecule has 0 aliphatic carbocycles. The SMILES string of the molecule is Cc1nccn1CCOc1ccc(C(C)C)c2cc(Nc3ccnc(N4CCC(C)CC4)n3)ncc12.